The second-order valence-electron chi connectivity index (χ2n) is 7.41. The van der Waals surface area contributed by atoms with Crippen LogP contribution in [0.1, 0.15) is 24.5 Å². The van der Waals surface area contributed by atoms with Gasteiger partial charge in [-0.15, -0.1) is 23.3 Å². The zero-order chi connectivity index (χ0) is 22.5. The third-order valence-electron chi connectivity index (χ3n) is 5.41. The minimum Gasteiger partial charge on any atom is -0.457 e. The fraction of sp³-hybridized carbons (Fsp3) is 0.227. The Kier molecular flexibility index (Phi) is 7.03. The summed E-state index contributed by atoms with van der Waals surface area (Å²) in [6.07, 6.45) is 2.02. The maximum Gasteiger partial charge on any atom is 0.275 e. The summed E-state index contributed by atoms with van der Waals surface area (Å²) < 4.78 is 7.71. The topological polar surface area (TPSA) is 111 Å². The van der Waals surface area contributed by atoms with Crippen molar-refractivity contribution in [2.24, 2.45) is 0 Å². The van der Waals surface area contributed by atoms with Gasteiger partial charge in [0.2, 0.25) is 0 Å². The van der Waals surface area contributed by atoms with E-state index >= 15 is 0 Å². The van der Waals surface area contributed by atoms with Crippen molar-refractivity contribution in [3.63, 3.8) is 0 Å². The molecule has 10 heteroatoms. The molecule has 5 rings (SSSR count). The third kappa shape index (κ3) is 4.47. The number of nitrogens with two attached hydrogens (primary N) is 1. The molecule has 1 atom stereocenters. The Morgan fingerprint density at radius 2 is 1.78 bits per heavy atom. The Morgan fingerprint density at radius 1 is 1.06 bits per heavy atom. The van der Waals surface area contributed by atoms with Crippen LogP contribution in [0.3, 0.4) is 0 Å². The van der Waals surface area contributed by atoms with E-state index in [9.17, 15) is 4.79 Å². The van der Waals surface area contributed by atoms with Gasteiger partial charge in [0, 0.05) is 12.5 Å². The van der Waals surface area contributed by atoms with Crippen molar-refractivity contribution in [2.45, 2.75) is 18.8 Å². The molecule has 1 aliphatic rings. The smallest absolute Gasteiger partial charge is 0.275 e. The van der Waals surface area contributed by atoms with Gasteiger partial charge in [0.25, 0.3) is 5.56 Å². The highest BCUT2D eigenvalue weighted by Crippen LogP contribution is 2.32. The predicted molar refractivity (Wildman–Crippen MR) is 133 cm³/mol. The van der Waals surface area contributed by atoms with Gasteiger partial charge in [-0.2, -0.15) is 10.2 Å². The molecule has 0 aliphatic carbocycles. The fourth-order valence-corrected chi connectivity index (χ4v) is 3.99. The van der Waals surface area contributed by atoms with E-state index in [2.05, 4.69) is 43.9 Å². The maximum absolute atomic E-state index is 12.6. The number of aromatic nitrogens is 4. The third-order valence-corrected chi connectivity index (χ3v) is 5.41. The first kappa shape index (κ1) is 22.3. The number of benzene rings is 2. The highest BCUT2D eigenvalue weighted by Gasteiger charge is 2.26. The molecule has 0 spiro atoms. The number of anilines is 1. The molecular weight excluding hydrogens is 444 g/mol. The van der Waals surface area contributed by atoms with Crippen LogP contribution in [0, 0.1) is 0 Å². The summed E-state index contributed by atoms with van der Waals surface area (Å²) in [5.74, 6) is 1.88. The molecule has 2 aromatic heterocycles. The van der Waals surface area contributed by atoms with E-state index in [1.54, 1.807) is 0 Å². The molecule has 2 aromatic carbocycles. The van der Waals surface area contributed by atoms with Gasteiger partial charge >= 0.3 is 0 Å². The van der Waals surface area contributed by atoms with E-state index in [1.807, 2.05) is 59.3 Å². The first-order chi connectivity index (χ1) is 15.7. The van der Waals surface area contributed by atoms with Crippen molar-refractivity contribution in [1.82, 2.24) is 25.3 Å². The molecule has 1 unspecified atom stereocenters. The molecule has 0 radical (unpaired) electrons. The Labute approximate surface area is 195 Å². The van der Waals surface area contributed by atoms with Crippen molar-refractivity contribution >= 4 is 40.0 Å². The van der Waals surface area contributed by atoms with E-state index < -0.39 is 0 Å². The minimum absolute atomic E-state index is 0.159. The normalized spacial score (nSPS) is 15.8. The van der Waals surface area contributed by atoms with Gasteiger partial charge in [0.1, 0.15) is 17.0 Å². The van der Waals surface area contributed by atoms with Gasteiger partial charge in [-0.3, -0.25) is 4.79 Å². The van der Waals surface area contributed by atoms with E-state index in [-0.39, 0.29) is 17.3 Å². The molecule has 8 nitrogen and oxygen atoms in total. The van der Waals surface area contributed by atoms with Crippen LogP contribution in [0.5, 0.6) is 11.5 Å². The van der Waals surface area contributed by atoms with Gasteiger partial charge in [-0.25, -0.2) is 9.78 Å². The summed E-state index contributed by atoms with van der Waals surface area (Å²) in [4.78, 5) is 12.6. The van der Waals surface area contributed by atoms with Crippen molar-refractivity contribution in [1.29, 1.82) is 0 Å². The second kappa shape index (κ2) is 10.1. The molecule has 32 heavy (non-hydrogen) atoms. The summed E-state index contributed by atoms with van der Waals surface area (Å²) in [6, 6.07) is 17.3. The van der Waals surface area contributed by atoms with Crippen molar-refractivity contribution in [3.8, 4) is 17.2 Å². The minimum atomic E-state index is -0.268. The van der Waals surface area contributed by atoms with E-state index in [4.69, 9.17) is 10.5 Å². The number of hydrogen-bond donors (Lipinski definition) is 5. The number of nitrogens with zero attached hydrogens (tertiary/aromatic N) is 3. The fourth-order valence-electron chi connectivity index (χ4n) is 3.99. The molecule has 3 heterocycles. The van der Waals surface area contributed by atoms with Crippen LogP contribution in [-0.4, -0.2) is 33.1 Å². The van der Waals surface area contributed by atoms with Crippen molar-refractivity contribution in [2.75, 3.05) is 18.8 Å². The van der Waals surface area contributed by atoms with Crippen molar-refractivity contribution in [3.05, 3.63) is 70.6 Å². The molecule has 1 aliphatic heterocycles. The number of nitrogens with one attached hydrogen (secondary N) is 2. The molecule has 1 saturated heterocycles. The largest absolute Gasteiger partial charge is 0.457 e. The van der Waals surface area contributed by atoms with E-state index in [1.165, 1.54) is 0 Å². The Bertz CT molecular complexity index is 1240. The summed E-state index contributed by atoms with van der Waals surface area (Å²) in [5, 5.41) is 15.0. The summed E-state index contributed by atoms with van der Waals surface area (Å²) in [5.41, 5.74) is 7.90. The van der Waals surface area contributed by atoms with Crippen LogP contribution in [0.25, 0.3) is 16.6 Å². The van der Waals surface area contributed by atoms with Crippen LogP contribution < -0.4 is 21.3 Å². The van der Waals surface area contributed by atoms with Gasteiger partial charge < -0.3 is 15.8 Å². The zero-order valence-corrected chi connectivity index (χ0v) is 19.0. The van der Waals surface area contributed by atoms with Crippen LogP contribution in [0.15, 0.2) is 59.4 Å². The number of piperidine rings is 1. The van der Waals surface area contributed by atoms with Crippen LogP contribution >= 0.6 is 23.3 Å². The van der Waals surface area contributed by atoms with Crippen LogP contribution in [-0.2, 0) is 0 Å². The molecule has 0 saturated carbocycles. The number of fused-ring (bicyclic) bond motifs is 1. The SMILES string of the molecule is Nc1n[nH]c(=O)c2c(C3CCCNC3)n(-c3ccc(Oc4ccccc4)cc3)nc12.SS. The molecule has 0 bridgehead atoms. The molecule has 4 aromatic rings. The molecule has 0 amide bonds. The van der Waals surface area contributed by atoms with Gasteiger partial charge in [-0.05, 0) is 55.8 Å². The second-order valence-corrected chi connectivity index (χ2v) is 7.41. The van der Waals surface area contributed by atoms with E-state index in [0.29, 0.717) is 10.9 Å². The van der Waals surface area contributed by atoms with Gasteiger partial charge in [-0.1, -0.05) is 18.2 Å². The Balaban J connectivity index is 0.00000119. The quantitative estimate of drug-likeness (QED) is 0.231. The number of hydrogen-bond acceptors (Lipinski definition) is 8. The number of nitrogen functional groups attached to an aromatic ring is 1. The Hall–Kier alpha value is -2.95. The van der Waals surface area contributed by atoms with Crippen molar-refractivity contribution < 1.29 is 4.74 Å². The molecular formula is C22H24N6O2S2. The highest BCUT2D eigenvalue weighted by molar-refractivity contribution is 8.59. The number of para-hydroxylation sites is 1. The lowest BCUT2D eigenvalue weighted by molar-refractivity contribution is 0.449. The molecule has 1 fully saturated rings. The lowest BCUT2D eigenvalue weighted by Gasteiger charge is -2.24. The monoisotopic (exact) mass is 468 g/mol. The van der Waals surface area contributed by atoms with Crippen LogP contribution in [0.4, 0.5) is 5.82 Å². The van der Waals surface area contributed by atoms with Crippen LogP contribution in [0.2, 0.25) is 0 Å². The number of aromatic amines is 1. The van der Waals surface area contributed by atoms with Gasteiger partial charge in [0.15, 0.2) is 5.82 Å². The number of H-pyrrole nitrogens is 1. The highest BCUT2D eigenvalue weighted by atomic mass is 33.1. The lowest BCUT2D eigenvalue weighted by Crippen LogP contribution is -2.30. The Morgan fingerprint density at radius 3 is 2.47 bits per heavy atom. The molecule has 166 valence electrons. The summed E-state index contributed by atoms with van der Waals surface area (Å²) >= 11 is 6.44. The standard InChI is InChI=1S/C22H22N6O2.H2S2/c23-21-19-18(22(29)26-25-21)20(14-5-4-12-24-13-14)28(27-19)15-8-10-17(11-9-15)30-16-6-2-1-3-7-16;1-2/h1-3,6-11,14,24H,4-5,12-13H2,(H2,23,25)(H,26,29);1-2H. The first-order valence-electron chi connectivity index (χ1n) is 10.2. The lowest BCUT2D eigenvalue weighted by atomic mass is 9.94. The average Bonchev–Trinajstić information content (AvgIpc) is 3.27. The maximum atomic E-state index is 12.6. The summed E-state index contributed by atoms with van der Waals surface area (Å²) in [7, 11) is 0. The molecule has 4 N–H and O–H groups in total. The van der Waals surface area contributed by atoms with E-state index in [0.717, 1.165) is 48.8 Å². The average molecular weight is 469 g/mol. The number of thiol groups is 2. The first-order valence-corrected chi connectivity index (χ1v) is 11.8. The zero-order valence-electron chi connectivity index (χ0n) is 17.2. The van der Waals surface area contributed by atoms with Gasteiger partial charge in [0.05, 0.1) is 16.8 Å². The number of rotatable bonds is 4. The predicted octanol–water partition coefficient (Wildman–Crippen LogP) is 3.71. The summed E-state index contributed by atoms with van der Waals surface area (Å²) in [6.45, 7) is 1.77. The number of ether oxygens (including phenoxy) is 1.